The lowest BCUT2D eigenvalue weighted by Crippen LogP contribution is -2.32. The Morgan fingerprint density at radius 2 is 2.43 bits per heavy atom. The van der Waals surface area contributed by atoms with Crippen LogP contribution in [0.4, 0.5) is 0 Å². The molecule has 1 fully saturated rings. The minimum Gasteiger partial charge on any atom is -0.316 e. The second-order valence-electron chi connectivity index (χ2n) is 4.32. The molecule has 1 aromatic rings. The number of nitrogens with one attached hydrogen (secondary N) is 1. The Kier molecular flexibility index (Phi) is 2.87. The van der Waals surface area contributed by atoms with E-state index in [4.69, 9.17) is 0 Å². The van der Waals surface area contributed by atoms with E-state index in [9.17, 15) is 0 Å². The number of aromatic nitrogens is 2. The number of hydrogen-bond donors (Lipinski definition) is 1. The molecule has 0 radical (unpaired) electrons. The maximum atomic E-state index is 4.49. The fraction of sp³-hybridized carbons (Fsp3) is 0.727. The van der Waals surface area contributed by atoms with Gasteiger partial charge in [-0.05, 0) is 51.8 Å². The summed E-state index contributed by atoms with van der Waals surface area (Å²) in [6, 6.07) is 2.15. The van der Waals surface area contributed by atoms with E-state index in [-0.39, 0.29) is 0 Å². The van der Waals surface area contributed by atoms with Crippen molar-refractivity contribution in [3.63, 3.8) is 0 Å². The predicted molar refractivity (Wildman–Crippen MR) is 57.3 cm³/mol. The molecular formula is C11H19N3. The fourth-order valence-electron chi connectivity index (χ4n) is 2.18. The lowest BCUT2D eigenvalue weighted by Gasteiger charge is -2.23. The van der Waals surface area contributed by atoms with Crippen molar-refractivity contribution in [1.29, 1.82) is 0 Å². The zero-order valence-electron chi connectivity index (χ0n) is 9.08. The summed E-state index contributed by atoms with van der Waals surface area (Å²) in [5.41, 5.74) is 2.42. The number of nitrogens with zero attached hydrogens (tertiary/aromatic N) is 2. The van der Waals surface area contributed by atoms with E-state index >= 15 is 0 Å². The summed E-state index contributed by atoms with van der Waals surface area (Å²) in [4.78, 5) is 0. The molecule has 0 unspecified atom stereocenters. The topological polar surface area (TPSA) is 29.9 Å². The lowest BCUT2D eigenvalue weighted by molar-refractivity contribution is 0.322. The van der Waals surface area contributed by atoms with Gasteiger partial charge in [-0.1, -0.05) is 0 Å². The van der Waals surface area contributed by atoms with Crippen LogP contribution in [0, 0.1) is 19.8 Å². The first kappa shape index (κ1) is 9.71. The van der Waals surface area contributed by atoms with Gasteiger partial charge in [0, 0.05) is 12.2 Å². The summed E-state index contributed by atoms with van der Waals surface area (Å²) < 4.78 is 2.15. The Hall–Kier alpha value is -0.830. The van der Waals surface area contributed by atoms with Crippen molar-refractivity contribution in [3.8, 4) is 0 Å². The third kappa shape index (κ3) is 2.15. The second-order valence-corrected chi connectivity index (χ2v) is 4.32. The maximum Gasteiger partial charge on any atom is 0.0596 e. The van der Waals surface area contributed by atoms with Crippen molar-refractivity contribution in [1.82, 2.24) is 15.1 Å². The summed E-state index contributed by atoms with van der Waals surface area (Å²) in [6.45, 7) is 7.61. The largest absolute Gasteiger partial charge is 0.316 e. The van der Waals surface area contributed by atoms with Crippen molar-refractivity contribution >= 4 is 0 Å². The van der Waals surface area contributed by atoms with Crippen molar-refractivity contribution < 1.29 is 0 Å². The van der Waals surface area contributed by atoms with Crippen molar-refractivity contribution in [2.75, 3.05) is 13.1 Å². The van der Waals surface area contributed by atoms with Gasteiger partial charge in [0.25, 0.3) is 0 Å². The highest BCUT2D eigenvalue weighted by molar-refractivity contribution is 5.06. The quantitative estimate of drug-likeness (QED) is 0.771. The minimum atomic E-state index is 0.766. The van der Waals surface area contributed by atoms with Gasteiger partial charge >= 0.3 is 0 Å². The molecule has 0 aromatic carbocycles. The van der Waals surface area contributed by atoms with E-state index in [2.05, 4.69) is 35.0 Å². The Balaban J connectivity index is 1.98. The molecule has 1 atom stereocenters. The van der Waals surface area contributed by atoms with Crippen LogP contribution in [0.3, 0.4) is 0 Å². The van der Waals surface area contributed by atoms with Gasteiger partial charge in [-0.3, -0.25) is 4.68 Å². The molecule has 0 spiro atoms. The van der Waals surface area contributed by atoms with Crippen LogP contribution in [-0.2, 0) is 6.54 Å². The minimum absolute atomic E-state index is 0.766. The van der Waals surface area contributed by atoms with Crippen LogP contribution in [0.5, 0.6) is 0 Å². The van der Waals surface area contributed by atoms with Gasteiger partial charge in [-0.2, -0.15) is 5.10 Å². The summed E-state index contributed by atoms with van der Waals surface area (Å²) in [7, 11) is 0. The van der Waals surface area contributed by atoms with Crippen molar-refractivity contribution in [2.24, 2.45) is 5.92 Å². The van der Waals surface area contributed by atoms with E-state index in [1.807, 2.05) is 0 Å². The molecule has 2 rings (SSSR count). The highest BCUT2D eigenvalue weighted by Gasteiger charge is 2.14. The van der Waals surface area contributed by atoms with Crippen LogP contribution in [0.25, 0.3) is 0 Å². The molecule has 0 bridgehead atoms. The molecule has 14 heavy (non-hydrogen) atoms. The van der Waals surface area contributed by atoms with E-state index in [0.29, 0.717) is 0 Å². The molecule has 1 aromatic heterocycles. The molecule has 1 saturated heterocycles. The lowest BCUT2D eigenvalue weighted by atomic mass is 10.00. The average Bonchev–Trinajstić information content (AvgIpc) is 2.47. The van der Waals surface area contributed by atoms with Crippen LogP contribution < -0.4 is 5.32 Å². The van der Waals surface area contributed by atoms with Crippen LogP contribution in [0.1, 0.15) is 24.2 Å². The smallest absolute Gasteiger partial charge is 0.0596 e. The average molecular weight is 193 g/mol. The zero-order chi connectivity index (χ0) is 9.97. The maximum absolute atomic E-state index is 4.49. The summed E-state index contributed by atoms with van der Waals surface area (Å²) >= 11 is 0. The SMILES string of the molecule is Cc1cc(C)n(C[C@H]2CCCNC2)n1. The van der Waals surface area contributed by atoms with Gasteiger partial charge < -0.3 is 5.32 Å². The van der Waals surface area contributed by atoms with Gasteiger partial charge in [0.2, 0.25) is 0 Å². The highest BCUT2D eigenvalue weighted by Crippen LogP contribution is 2.13. The van der Waals surface area contributed by atoms with Gasteiger partial charge in [-0.25, -0.2) is 0 Å². The van der Waals surface area contributed by atoms with Gasteiger partial charge in [0.15, 0.2) is 0 Å². The Bertz CT molecular complexity index is 297. The third-order valence-electron chi connectivity index (χ3n) is 2.93. The molecule has 3 nitrogen and oxygen atoms in total. The first-order chi connectivity index (χ1) is 6.75. The van der Waals surface area contributed by atoms with Gasteiger partial charge in [0.1, 0.15) is 0 Å². The third-order valence-corrected chi connectivity index (χ3v) is 2.93. The van der Waals surface area contributed by atoms with E-state index < -0.39 is 0 Å². The molecule has 1 aliphatic heterocycles. The molecular weight excluding hydrogens is 174 g/mol. The van der Waals surface area contributed by atoms with Crippen LogP contribution in [-0.4, -0.2) is 22.9 Å². The molecule has 3 heteroatoms. The summed E-state index contributed by atoms with van der Waals surface area (Å²) in [5.74, 6) is 0.766. The van der Waals surface area contributed by atoms with Crippen LogP contribution >= 0.6 is 0 Å². The number of rotatable bonds is 2. The first-order valence-electron chi connectivity index (χ1n) is 5.47. The van der Waals surface area contributed by atoms with E-state index in [1.165, 1.54) is 25.1 Å². The summed E-state index contributed by atoms with van der Waals surface area (Å²) in [5, 5.41) is 7.93. The fourth-order valence-corrected chi connectivity index (χ4v) is 2.18. The van der Waals surface area contributed by atoms with Gasteiger partial charge in [0.05, 0.1) is 5.69 Å². The van der Waals surface area contributed by atoms with E-state index in [1.54, 1.807) is 0 Å². The molecule has 78 valence electrons. The standard InChI is InChI=1S/C11H19N3/c1-9-6-10(2)14(13-9)8-11-4-3-5-12-7-11/h6,11-12H,3-5,7-8H2,1-2H3/t11-/m0/s1. The molecule has 2 heterocycles. The number of aryl methyl sites for hydroxylation is 2. The monoisotopic (exact) mass is 193 g/mol. The number of hydrogen-bond acceptors (Lipinski definition) is 2. The van der Waals surface area contributed by atoms with Gasteiger partial charge in [-0.15, -0.1) is 0 Å². The second kappa shape index (κ2) is 4.13. The van der Waals surface area contributed by atoms with E-state index in [0.717, 1.165) is 24.7 Å². The Labute approximate surface area is 85.5 Å². The normalized spacial score (nSPS) is 22.6. The molecule has 1 aliphatic rings. The zero-order valence-corrected chi connectivity index (χ0v) is 9.08. The molecule has 1 N–H and O–H groups in total. The molecule has 0 amide bonds. The Morgan fingerprint density at radius 1 is 1.57 bits per heavy atom. The Morgan fingerprint density at radius 3 is 3.00 bits per heavy atom. The predicted octanol–water partition coefficient (Wildman–Crippen LogP) is 1.50. The molecule has 0 saturated carbocycles. The van der Waals surface area contributed by atoms with Crippen molar-refractivity contribution in [3.05, 3.63) is 17.5 Å². The van der Waals surface area contributed by atoms with Crippen LogP contribution in [0.15, 0.2) is 6.07 Å². The highest BCUT2D eigenvalue weighted by atomic mass is 15.3. The number of piperidine rings is 1. The molecule has 0 aliphatic carbocycles. The van der Waals surface area contributed by atoms with Crippen LogP contribution in [0.2, 0.25) is 0 Å². The first-order valence-corrected chi connectivity index (χ1v) is 5.47. The van der Waals surface area contributed by atoms with Crippen molar-refractivity contribution in [2.45, 2.75) is 33.2 Å². The summed E-state index contributed by atoms with van der Waals surface area (Å²) in [6.07, 6.45) is 2.65.